The van der Waals surface area contributed by atoms with E-state index >= 15 is 0 Å². The third-order valence-corrected chi connectivity index (χ3v) is 5.01. The molecule has 1 amide bonds. The Hall–Kier alpha value is -1.51. The van der Waals surface area contributed by atoms with E-state index < -0.39 is 0 Å². The number of rotatable bonds is 7. The van der Waals surface area contributed by atoms with Gasteiger partial charge in [0.25, 0.3) is 0 Å². The molecule has 0 spiro atoms. The van der Waals surface area contributed by atoms with Crippen LogP contribution in [0.25, 0.3) is 0 Å². The molecule has 6 nitrogen and oxygen atoms in total. The van der Waals surface area contributed by atoms with Crippen LogP contribution >= 0.6 is 24.0 Å². The number of ether oxygens (including phenoxy) is 1. The SMILES string of the molecule is CCNC(=NCCOc1c(C)cccc1C)N1CCC(CC(=O)NC)CC1.I. The Morgan fingerprint density at radius 1 is 1.25 bits per heavy atom. The topological polar surface area (TPSA) is 66.0 Å². The summed E-state index contributed by atoms with van der Waals surface area (Å²) in [5.74, 6) is 2.52. The maximum Gasteiger partial charge on any atom is 0.220 e. The van der Waals surface area contributed by atoms with Crippen molar-refractivity contribution in [2.75, 3.05) is 39.8 Å². The van der Waals surface area contributed by atoms with Gasteiger partial charge in [0.05, 0.1) is 6.54 Å². The molecule has 158 valence electrons. The number of likely N-dealkylation sites (tertiary alicyclic amines) is 1. The summed E-state index contributed by atoms with van der Waals surface area (Å²) in [7, 11) is 1.70. The number of halogens is 1. The smallest absolute Gasteiger partial charge is 0.220 e. The zero-order chi connectivity index (χ0) is 19.6. The van der Waals surface area contributed by atoms with Crippen molar-refractivity contribution in [3.05, 3.63) is 29.3 Å². The quantitative estimate of drug-likeness (QED) is 0.260. The van der Waals surface area contributed by atoms with Crippen LogP contribution in [0, 0.1) is 19.8 Å². The number of guanidine groups is 1. The van der Waals surface area contributed by atoms with Crippen LogP contribution in [0.3, 0.4) is 0 Å². The van der Waals surface area contributed by atoms with Gasteiger partial charge in [0.1, 0.15) is 12.4 Å². The monoisotopic (exact) mass is 502 g/mol. The molecule has 1 aromatic rings. The molecular weight excluding hydrogens is 467 g/mol. The molecule has 1 saturated heterocycles. The van der Waals surface area contributed by atoms with Crippen molar-refractivity contribution < 1.29 is 9.53 Å². The number of aliphatic imine (C=N–C) groups is 1. The first-order valence-electron chi connectivity index (χ1n) is 9.98. The van der Waals surface area contributed by atoms with Crippen LogP contribution in [0.5, 0.6) is 5.75 Å². The third-order valence-electron chi connectivity index (χ3n) is 5.01. The Kier molecular flexibility index (Phi) is 11.3. The number of hydrogen-bond acceptors (Lipinski definition) is 3. The molecule has 0 aliphatic carbocycles. The molecule has 0 saturated carbocycles. The zero-order valence-electron chi connectivity index (χ0n) is 17.6. The first-order valence-corrected chi connectivity index (χ1v) is 9.98. The number of benzene rings is 1. The second kappa shape index (κ2) is 12.9. The molecule has 2 rings (SSSR count). The van der Waals surface area contributed by atoms with Gasteiger partial charge in [-0.2, -0.15) is 0 Å². The van der Waals surface area contributed by atoms with E-state index in [9.17, 15) is 4.79 Å². The molecule has 1 heterocycles. The number of nitrogens with zero attached hydrogens (tertiary/aromatic N) is 2. The summed E-state index contributed by atoms with van der Waals surface area (Å²) in [5, 5.41) is 6.10. The maximum absolute atomic E-state index is 11.6. The largest absolute Gasteiger partial charge is 0.491 e. The lowest BCUT2D eigenvalue weighted by Crippen LogP contribution is -2.46. The van der Waals surface area contributed by atoms with Crippen molar-refractivity contribution in [3.8, 4) is 5.75 Å². The summed E-state index contributed by atoms with van der Waals surface area (Å²) in [6.07, 6.45) is 2.68. The molecule has 1 aromatic carbocycles. The van der Waals surface area contributed by atoms with E-state index in [2.05, 4.69) is 48.4 Å². The Morgan fingerprint density at radius 3 is 2.46 bits per heavy atom. The van der Waals surface area contributed by atoms with Gasteiger partial charge in [-0.3, -0.25) is 4.79 Å². The van der Waals surface area contributed by atoms with Gasteiger partial charge in [-0.05, 0) is 50.7 Å². The minimum absolute atomic E-state index is 0. The normalized spacial score (nSPS) is 15.0. The minimum Gasteiger partial charge on any atom is -0.491 e. The number of nitrogens with one attached hydrogen (secondary N) is 2. The third kappa shape index (κ3) is 7.48. The molecule has 1 aliphatic heterocycles. The van der Waals surface area contributed by atoms with Crippen LogP contribution in [0.4, 0.5) is 0 Å². The van der Waals surface area contributed by atoms with Crippen LogP contribution < -0.4 is 15.4 Å². The van der Waals surface area contributed by atoms with Crippen LogP contribution in [0.15, 0.2) is 23.2 Å². The summed E-state index contributed by atoms with van der Waals surface area (Å²) in [4.78, 5) is 18.6. The average Bonchev–Trinajstić information content (AvgIpc) is 2.66. The summed E-state index contributed by atoms with van der Waals surface area (Å²) in [6.45, 7) is 10.1. The molecule has 0 aromatic heterocycles. The summed E-state index contributed by atoms with van der Waals surface area (Å²) in [5.41, 5.74) is 2.31. The first-order chi connectivity index (χ1) is 13.0. The number of carbonyl (C=O) groups excluding carboxylic acids is 1. The second-order valence-electron chi connectivity index (χ2n) is 7.11. The van der Waals surface area contributed by atoms with Gasteiger partial charge >= 0.3 is 0 Å². The predicted molar refractivity (Wildman–Crippen MR) is 126 cm³/mol. The van der Waals surface area contributed by atoms with Gasteiger partial charge in [-0.1, -0.05) is 18.2 Å². The molecule has 2 N–H and O–H groups in total. The summed E-state index contributed by atoms with van der Waals surface area (Å²) in [6, 6.07) is 6.18. The summed E-state index contributed by atoms with van der Waals surface area (Å²) < 4.78 is 5.96. The van der Waals surface area contributed by atoms with E-state index in [-0.39, 0.29) is 29.9 Å². The van der Waals surface area contributed by atoms with E-state index in [4.69, 9.17) is 9.73 Å². The molecule has 0 atom stereocenters. The Labute approximate surface area is 186 Å². The van der Waals surface area contributed by atoms with Crippen molar-refractivity contribution in [3.63, 3.8) is 0 Å². The standard InChI is InChI=1S/C21H34N4O2.HI/c1-5-23-21(25-12-9-18(10-13-25)15-19(26)22-4)24-11-14-27-20-16(2)7-6-8-17(20)3;/h6-8,18H,5,9-15H2,1-4H3,(H,22,26)(H,23,24);1H. The average molecular weight is 502 g/mol. The molecular formula is C21H35IN4O2. The van der Waals surface area contributed by atoms with Crippen LogP contribution in [-0.4, -0.2) is 56.6 Å². The van der Waals surface area contributed by atoms with Crippen molar-refractivity contribution >= 4 is 35.8 Å². The highest BCUT2D eigenvalue weighted by Gasteiger charge is 2.23. The number of amides is 1. The molecule has 0 radical (unpaired) electrons. The van der Waals surface area contributed by atoms with E-state index in [0.29, 0.717) is 25.5 Å². The molecule has 0 unspecified atom stereocenters. The van der Waals surface area contributed by atoms with Gasteiger partial charge < -0.3 is 20.3 Å². The Morgan fingerprint density at radius 2 is 1.89 bits per heavy atom. The minimum atomic E-state index is 0. The molecule has 28 heavy (non-hydrogen) atoms. The number of piperidine rings is 1. The molecule has 1 fully saturated rings. The highest BCUT2D eigenvalue weighted by Crippen LogP contribution is 2.22. The van der Waals surface area contributed by atoms with Crippen LogP contribution in [0.1, 0.15) is 37.3 Å². The fourth-order valence-corrected chi connectivity index (χ4v) is 3.47. The number of hydrogen-bond donors (Lipinski definition) is 2. The maximum atomic E-state index is 11.6. The first kappa shape index (κ1) is 24.5. The summed E-state index contributed by atoms with van der Waals surface area (Å²) >= 11 is 0. The van der Waals surface area contributed by atoms with E-state index in [1.54, 1.807) is 7.05 Å². The molecule has 0 bridgehead atoms. The van der Waals surface area contributed by atoms with Gasteiger partial charge in [0.15, 0.2) is 5.96 Å². The Balaban J connectivity index is 0.00000392. The lowest BCUT2D eigenvalue weighted by molar-refractivity contribution is -0.121. The van der Waals surface area contributed by atoms with Gasteiger partial charge in [0, 0.05) is 33.1 Å². The van der Waals surface area contributed by atoms with Crippen molar-refractivity contribution in [1.29, 1.82) is 0 Å². The van der Waals surface area contributed by atoms with Crippen molar-refractivity contribution in [2.45, 2.75) is 40.0 Å². The van der Waals surface area contributed by atoms with Gasteiger partial charge in [-0.15, -0.1) is 24.0 Å². The van der Waals surface area contributed by atoms with E-state index in [1.807, 2.05) is 6.07 Å². The lowest BCUT2D eigenvalue weighted by atomic mass is 9.93. The van der Waals surface area contributed by atoms with Crippen molar-refractivity contribution in [1.82, 2.24) is 15.5 Å². The fourth-order valence-electron chi connectivity index (χ4n) is 3.47. The Bertz CT molecular complexity index is 623. The second-order valence-corrected chi connectivity index (χ2v) is 7.11. The van der Waals surface area contributed by atoms with Crippen molar-refractivity contribution in [2.24, 2.45) is 10.9 Å². The van der Waals surface area contributed by atoms with Crippen LogP contribution in [-0.2, 0) is 4.79 Å². The zero-order valence-corrected chi connectivity index (χ0v) is 19.9. The highest BCUT2D eigenvalue weighted by atomic mass is 127. The van der Waals surface area contributed by atoms with E-state index in [0.717, 1.165) is 55.3 Å². The van der Waals surface area contributed by atoms with Crippen LogP contribution in [0.2, 0.25) is 0 Å². The molecule has 1 aliphatic rings. The fraction of sp³-hybridized carbons (Fsp3) is 0.619. The predicted octanol–water partition coefficient (Wildman–Crippen LogP) is 3.11. The van der Waals surface area contributed by atoms with E-state index in [1.165, 1.54) is 0 Å². The highest BCUT2D eigenvalue weighted by molar-refractivity contribution is 14.0. The lowest BCUT2D eigenvalue weighted by Gasteiger charge is -2.34. The molecule has 7 heteroatoms. The van der Waals surface area contributed by atoms with Gasteiger partial charge in [0.2, 0.25) is 5.91 Å². The van der Waals surface area contributed by atoms with Gasteiger partial charge in [-0.25, -0.2) is 4.99 Å². The number of aryl methyl sites for hydroxylation is 2. The number of para-hydroxylation sites is 1. The number of carbonyl (C=O) groups is 1.